The lowest BCUT2D eigenvalue weighted by atomic mass is 10.2. The minimum atomic E-state index is -0.563. The van der Waals surface area contributed by atoms with Gasteiger partial charge in [-0.1, -0.05) is 11.6 Å². The van der Waals surface area contributed by atoms with Crippen LogP contribution in [0.5, 0.6) is 0 Å². The molecule has 0 saturated heterocycles. The standard InChI is InChI=1S/C11H15ClFN3O/c1-7(2)16(6-10(14)17)5-8-3-9(13)11(12)15-4-8/h3-4,7H,5-6H2,1-2H3,(H2,14,17). The lowest BCUT2D eigenvalue weighted by Crippen LogP contribution is -2.38. The second-order valence-electron chi connectivity index (χ2n) is 4.08. The van der Waals surface area contributed by atoms with E-state index in [1.54, 1.807) is 0 Å². The number of aromatic nitrogens is 1. The summed E-state index contributed by atoms with van der Waals surface area (Å²) in [6.07, 6.45) is 1.49. The highest BCUT2D eigenvalue weighted by molar-refractivity contribution is 6.29. The molecule has 0 aliphatic rings. The molecule has 1 rings (SSSR count). The van der Waals surface area contributed by atoms with Gasteiger partial charge in [-0.15, -0.1) is 0 Å². The quantitative estimate of drug-likeness (QED) is 0.817. The molecule has 0 aliphatic heterocycles. The SMILES string of the molecule is CC(C)N(CC(N)=O)Cc1cnc(Cl)c(F)c1. The molecule has 1 heterocycles. The van der Waals surface area contributed by atoms with Crippen molar-refractivity contribution in [2.24, 2.45) is 5.73 Å². The highest BCUT2D eigenvalue weighted by Gasteiger charge is 2.13. The minimum absolute atomic E-state index is 0.126. The molecule has 0 radical (unpaired) electrons. The Morgan fingerprint density at radius 2 is 2.29 bits per heavy atom. The summed E-state index contributed by atoms with van der Waals surface area (Å²) in [5.74, 6) is -0.979. The number of nitrogens with two attached hydrogens (primary N) is 1. The second kappa shape index (κ2) is 5.93. The summed E-state index contributed by atoms with van der Waals surface area (Å²) < 4.78 is 13.2. The first-order valence-electron chi connectivity index (χ1n) is 5.22. The van der Waals surface area contributed by atoms with E-state index in [1.165, 1.54) is 12.3 Å². The van der Waals surface area contributed by atoms with Gasteiger partial charge in [0.1, 0.15) is 0 Å². The Kier molecular flexibility index (Phi) is 4.84. The van der Waals surface area contributed by atoms with Gasteiger partial charge in [-0.2, -0.15) is 0 Å². The van der Waals surface area contributed by atoms with Crippen molar-refractivity contribution in [3.05, 3.63) is 28.8 Å². The summed E-state index contributed by atoms with van der Waals surface area (Å²) in [6.45, 7) is 4.40. The van der Waals surface area contributed by atoms with Gasteiger partial charge in [0.25, 0.3) is 0 Å². The van der Waals surface area contributed by atoms with Gasteiger partial charge in [0.15, 0.2) is 11.0 Å². The summed E-state index contributed by atoms with van der Waals surface area (Å²) >= 11 is 5.49. The lowest BCUT2D eigenvalue weighted by molar-refractivity contribution is -0.119. The molecule has 94 valence electrons. The normalized spacial score (nSPS) is 11.2. The Bertz CT molecular complexity index is 412. The van der Waals surface area contributed by atoms with Crippen LogP contribution in [0.15, 0.2) is 12.3 Å². The topological polar surface area (TPSA) is 59.2 Å². The zero-order valence-electron chi connectivity index (χ0n) is 9.78. The summed E-state index contributed by atoms with van der Waals surface area (Å²) in [5, 5.41) is -0.153. The van der Waals surface area contributed by atoms with Crippen LogP contribution in [-0.4, -0.2) is 28.4 Å². The fourth-order valence-electron chi connectivity index (χ4n) is 1.40. The first-order chi connectivity index (χ1) is 7.90. The van der Waals surface area contributed by atoms with E-state index in [0.717, 1.165) is 0 Å². The van der Waals surface area contributed by atoms with Crippen molar-refractivity contribution in [2.45, 2.75) is 26.4 Å². The molecule has 1 amide bonds. The summed E-state index contributed by atoms with van der Waals surface area (Å²) in [6, 6.07) is 1.44. The predicted molar refractivity (Wildman–Crippen MR) is 63.9 cm³/mol. The average molecular weight is 260 g/mol. The van der Waals surface area contributed by atoms with E-state index in [-0.39, 0.29) is 17.7 Å². The molecule has 0 spiro atoms. The average Bonchev–Trinajstić information content (AvgIpc) is 2.21. The molecule has 0 saturated carbocycles. The lowest BCUT2D eigenvalue weighted by Gasteiger charge is -2.24. The molecule has 17 heavy (non-hydrogen) atoms. The van der Waals surface area contributed by atoms with Crippen LogP contribution in [0.4, 0.5) is 4.39 Å². The Hall–Kier alpha value is -1.20. The van der Waals surface area contributed by atoms with Crippen molar-refractivity contribution >= 4 is 17.5 Å². The van der Waals surface area contributed by atoms with Gasteiger partial charge in [0.05, 0.1) is 6.54 Å². The molecule has 4 nitrogen and oxygen atoms in total. The monoisotopic (exact) mass is 259 g/mol. The summed E-state index contributed by atoms with van der Waals surface area (Å²) in [4.78, 5) is 16.4. The van der Waals surface area contributed by atoms with Crippen LogP contribution in [0.3, 0.4) is 0 Å². The Morgan fingerprint density at radius 1 is 1.65 bits per heavy atom. The van der Waals surface area contributed by atoms with Crippen molar-refractivity contribution in [1.29, 1.82) is 0 Å². The summed E-state index contributed by atoms with van der Waals surface area (Å²) in [5.41, 5.74) is 5.80. The molecule has 1 aromatic rings. The number of pyridine rings is 1. The van der Waals surface area contributed by atoms with Crippen LogP contribution in [0, 0.1) is 5.82 Å². The Balaban J connectivity index is 2.78. The predicted octanol–water partition coefficient (Wildman–Crippen LogP) is 1.57. The molecule has 0 fully saturated rings. The Morgan fingerprint density at radius 3 is 2.76 bits per heavy atom. The van der Waals surface area contributed by atoms with E-state index >= 15 is 0 Å². The molecule has 6 heteroatoms. The number of carbonyl (C=O) groups excluding carboxylic acids is 1. The van der Waals surface area contributed by atoms with Crippen LogP contribution in [-0.2, 0) is 11.3 Å². The maximum Gasteiger partial charge on any atom is 0.231 e. The highest BCUT2D eigenvalue weighted by Crippen LogP contribution is 2.14. The number of nitrogens with zero attached hydrogens (tertiary/aromatic N) is 2. The third-order valence-electron chi connectivity index (χ3n) is 2.33. The van der Waals surface area contributed by atoms with Crippen LogP contribution in [0.1, 0.15) is 19.4 Å². The minimum Gasteiger partial charge on any atom is -0.369 e. The van der Waals surface area contributed by atoms with Gasteiger partial charge in [0, 0.05) is 18.8 Å². The maximum absolute atomic E-state index is 13.2. The van der Waals surface area contributed by atoms with Crippen molar-refractivity contribution in [2.75, 3.05) is 6.54 Å². The molecule has 0 aromatic carbocycles. The molecule has 2 N–H and O–H groups in total. The maximum atomic E-state index is 13.2. The fraction of sp³-hybridized carbons (Fsp3) is 0.455. The third kappa shape index (κ3) is 4.28. The van der Waals surface area contributed by atoms with Gasteiger partial charge >= 0.3 is 0 Å². The number of halogens is 2. The van der Waals surface area contributed by atoms with Crippen LogP contribution in [0.2, 0.25) is 5.15 Å². The van der Waals surface area contributed by atoms with Gasteiger partial charge in [-0.25, -0.2) is 9.37 Å². The number of carbonyl (C=O) groups is 1. The largest absolute Gasteiger partial charge is 0.369 e. The molecule has 0 bridgehead atoms. The van der Waals surface area contributed by atoms with Gasteiger partial charge in [-0.05, 0) is 25.5 Å². The summed E-state index contributed by atoms with van der Waals surface area (Å²) in [7, 11) is 0. The molecule has 1 aromatic heterocycles. The van der Waals surface area contributed by atoms with E-state index in [0.29, 0.717) is 12.1 Å². The van der Waals surface area contributed by atoms with E-state index in [9.17, 15) is 9.18 Å². The molecule has 0 unspecified atom stereocenters. The zero-order chi connectivity index (χ0) is 13.0. The van der Waals surface area contributed by atoms with E-state index in [1.807, 2.05) is 18.7 Å². The number of amides is 1. The number of hydrogen-bond acceptors (Lipinski definition) is 3. The number of primary amides is 1. The fourth-order valence-corrected chi connectivity index (χ4v) is 1.51. The van der Waals surface area contributed by atoms with Crippen molar-refractivity contribution < 1.29 is 9.18 Å². The van der Waals surface area contributed by atoms with Crippen LogP contribution in [0.25, 0.3) is 0 Å². The van der Waals surface area contributed by atoms with Crippen molar-refractivity contribution in [3.8, 4) is 0 Å². The van der Waals surface area contributed by atoms with Gasteiger partial charge < -0.3 is 5.73 Å². The number of rotatable bonds is 5. The van der Waals surface area contributed by atoms with Crippen LogP contribution >= 0.6 is 11.6 Å². The van der Waals surface area contributed by atoms with E-state index in [2.05, 4.69) is 4.98 Å². The highest BCUT2D eigenvalue weighted by atomic mass is 35.5. The van der Waals surface area contributed by atoms with Crippen molar-refractivity contribution in [3.63, 3.8) is 0 Å². The van der Waals surface area contributed by atoms with E-state index in [4.69, 9.17) is 17.3 Å². The van der Waals surface area contributed by atoms with Gasteiger partial charge in [0.2, 0.25) is 5.91 Å². The molecular formula is C11H15ClFN3O. The number of hydrogen-bond donors (Lipinski definition) is 1. The first kappa shape index (κ1) is 13.9. The first-order valence-corrected chi connectivity index (χ1v) is 5.60. The molecule has 0 atom stereocenters. The van der Waals surface area contributed by atoms with Gasteiger partial charge in [-0.3, -0.25) is 9.69 Å². The zero-order valence-corrected chi connectivity index (χ0v) is 10.5. The van der Waals surface area contributed by atoms with Crippen molar-refractivity contribution in [1.82, 2.24) is 9.88 Å². The smallest absolute Gasteiger partial charge is 0.231 e. The molecule has 0 aliphatic carbocycles. The Labute approximate surface area is 105 Å². The second-order valence-corrected chi connectivity index (χ2v) is 4.44. The van der Waals surface area contributed by atoms with E-state index < -0.39 is 11.7 Å². The van der Waals surface area contributed by atoms with Crippen LogP contribution < -0.4 is 5.73 Å². The third-order valence-corrected chi connectivity index (χ3v) is 2.61. The molecular weight excluding hydrogens is 245 g/mol.